The van der Waals surface area contributed by atoms with E-state index in [1.165, 1.54) is 103 Å². The van der Waals surface area contributed by atoms with Gasteiger partial charge in [-0.1, -0.05) is 38.5 Å². The summed E-state index contributed by atoms with van der Waals surface area (Å²) < 4.78 is 4.05. The Morgan fingerprint density at radius 1 is 0.622 bits per heavy atom. The van der Waals surface area contributed by atoms with Gasteiger partial charge in [-0.25, -0.2) is 9.97 Å². The van der Waals surface area contributed by atoms with Crippen molar-refractivity contribution in [3.63, 3.8) is 0 Å². The average Bonchev–Trinajstić information content (AvgIpc) is 3.66. The van der Waals surface area contributed by atoms with Gasteiger partial charge in [0.25, 0.3) is 0 Å². The molecule has 0 atom stereocenters. The molecule has 206 valence electrons. The van der Waals surface area contributed by atoms with Gasteiger partial charge in [-0.05, 0) is 32.7 Å². The van der Waals surface area contributed by atoms with Crippen LogP contribution in [0.25, 0.3) is 0 Å². The van der Waals surface area contributed by atoms with Gasteiger partial charge in [-0.2, -0.15) is 10.2 Å². The van der Waals surface area contributed by atoms with Crippen LogP contribution in [0.3, 0.4) is 0 Å². The molecule has 2 aromatic rings. The molecule has 0 bridgehead atoms. The van der Waals surface area contributed by atoms with Crippen LogP contribution in [0.2, 0.25) is 0 Å². The molecule has 10 heteroatoms. The molecule has 37 heavy (non-hydrogen) atoms. The Balaban J connectivity index is 0.000000152. The lowest BCUT2D eigenvalue weighted by atomic mass is 9.79. The third-order valence-electron chi connectivity index (χ3n) is 9.38. The number of piperazine rings is 2. The van der Waals surface area contributed by atoms with Crippen LogP contribution in [-0.2, 0) is 13.1 Å². The van der Waals surface area contributed by atoms with Crippen molar-refractivity contribution in [3.05, 3.63) is 25.3 Å². The van der Waals surface area contributed by atoms with Gasteiger partial charge in [-0.3, -0.25) is 19.2 Å². The standard InChI is InChI=1S/C14H25N5.C13H23N5/c1-17-7-9-18(10-8-17)14(5-3-2-4-6-14)11-19-13-15-12-16-19;1-2-4-13(5-3-1,10-18-12-15-11-16-18)17-8-6-14-7-9-17/h12-13H,2-11H2,1H3;11-12,14H,1-10H2. The van der Waals surface area contributed by atoms with Crippen molar-refractivity contribution in [3.8, 4) is 0 Å². The molecule has 4 aliphatic rings. The lowest BCUT2D eigenvalue weighted by Gasteiger charge is -2.49. The molecule has 2 aliphatic carbocycles. The first-order valence-electron chi connectivity index (χ1n) is 14.7. The van der Waals surface area contributed by atoms with E-state index >= 15 is 0 Å². The second-order valence-electron chi connectivity index (χ2n) is 11.8. The molecular weight excluding hydrogens is 464 g/mol. The highest BCUT2D eigenvalue weighted by atomic mass is 15.4. The zero-order valence-electron chi connectivity index (χ0n) is 23.0. The van der Waals surface area contributed by atoms with Crippen LogP contribution in [-0.4, -0.2) is 115 Å². The summed E-state index contributed by atoms with van der Waals surface area (Å²) in [5, 5.41) is 12.1. The van der Waals surface area contributed by atoms with E-state index in [-0.39, 0.29) is 0 Å². The molecule has 6 rings (SSSR count). The maximum Gasteiger partial charge on any atom is 0.137 e. The van der Waals surface area contributed by atoms with Crippen LogP contribution in [0.15, 0.2) is 25.3 Å². The summed E-state index contributed by atoms with van der Waals surface area (Å²) >= 11 is 0. The Morgan fingerprint density at radius 2 is 1.08 bits per heavy atom. The fourth-order valence-electron chi connectivity index (χ4n) is 7.22. The minimum Gasteiger partial charge on any atom is -0.314 e. The summed E-state index contributed by atoms with van der Waals surface area (Å²) in [6.45, 7) is 11.4. The third-order valence-corrected chi connectivity index (χ3v) is 9.38. The lowest BCUT2D eigenvalue weighted by molar-refractivity contribution is -0.000435. The van der Waals surface area contributed by atoms with Gasteiger partial charge in [0.05, 0.1) is 13.1 Å². The topological polar surface area (TPSA) is 83.2 Å². The molecule has 0 aromatic carbocycles. The average molecular weight is 513 g/mol. The Hall–Kier alpha value is -1.88. The Bertz CT molecular complexity index is 872. The van der Waals surface area contributed by atoms with E-state index in [0.717, 1.165) is 26.2 Å². The summed E-state index contributed by atoms with van der Waals surface area (Å²) in [5.41, 5.74) is 0.654. The Labute approximate surface area is 222 Å². The van der Waals surface area contributed by atoms with Crippen LogP contribution in [0.4, 0.5) is 0 Å². The predicted molar refractivity (Wildman–Crippen MR) is 145 cm³/mol. The number of rotatable bonds is 6. The quantitative estimate of drug-likeness (QED) is 0.630. The molecule has 0 radical (unpaired) electrons. The Kier molecular flexibility index (Phi) is 9.23. The van der Waals surface area contributed by atoms with Crippen LogP contribution >= 0.6 is 0 Å². The van der Waals surface area contributed by atoms with E-state index in [2.05, 4.69) is 47.2 Å². The van der Waals surface area contributed by atoms with Gasteiger partial charge in [0.1, 0.15) is 25.3 Å². The van der Waals surface area contributed by atoms with Crippen molar-refractivity contribution < 1.29 is 0 Å². The molecule has 2 saturated carbocycles. The molecule has 0 unspecified atom stereocenters. The molecule has 2 aromatic heterocycles. The molecule has 2 saturated heterocycles. The van der Waals surface area contributed by atoms with Gasteiger partial charge in [0.2, 0.25) is 0 Å². The largest absolute Gasteiger partial charge is 0.314 e. The van der Waals surface area contributed by atoms with Gasteiger partial charge >= 0.3 is 0 Å². The number of hydrogen-bond acceptors (Lipinski definition) is 8. The number of hydrogen-bond donors (Lipinski definition) is 1. The second kappa shape index (κ2) is 12.8. The lowest BCUT2D eigenvalue weighted by Crippen LogP contribution is -2.59. The first kappa shape index (κ1) is 26.7. The van der Waals surface area contributed by atoms with Gasteiger partial charge in [-0.15, -0.1) is 0 Å². The maximum atomic E-state index is 4.33. The fraction of sp³-hybridized carbons (Fsp3) is 0.852. The molecule has 10 nitrogen and oxygen atoms in total. The first-order chi connectivity index (χ1) is 18.2. The van der Waals surface area contributed by atoms with Crippen molar-refractivity contribution in [1.29, 1.82) is 0 Å². The number of nitrogens with zero attached hydrogens (tertiary/aromatic N) is 9. The van der Waals surface area contributed by atoms with E-state index in [0.29, 0.717) is 11.1 Å². The summed E-state index contributed by atoms with van der Waals surface area (Å²) in [5.74, 6) is 0. The summed E-state index contributed by atoms with van der Waals surface area (Å²) in [6.07, 6.45) is 20.5. The van der Waals surface area contributed by atoms with Crippen molar-refractivity contribution in [2.24, 2.45) is 0 Å². The van der Waals surface area contributed by atoms with Crippen LogP contribution < -0.4 is 5.32 Å². The van der Waals surface area contributed by atoms with E-state index in [4.69, 9.17) is 0 Å². The monoisotopic (exact) mass is 512 g/mol. The van der Waals surface area contributed by atoms with Crippen LogP contribution in [0, 0.1) is 0 Å². The molecular formula is C27H48N10. The summed E-state index contributed by atoms with van der Waals surface area (Å²) in [7, 11) is 2.22. The van der Waals surface area contributed by atoms with Crippen molar-refractivity contribution in [2.45, 2.75) is 88.4 Å². The Morgan fingerprint density at radius 3 is 1.51 bits per heavy atom. The highest BCUT2D eigenvalue weighted by molar-refractivity contribution is 4.96. The fourth-order valence-corrected chi connectivity index (χ4v) is 7.22. The minimum atomic E-state index is 0.327. The van der Waals surface area contributed by atoms with Gasteiger partial charge in [0.15, 0.2) is 0 Å². The molecule has 1 N–H and O–H groups in total. The summed E-state index contributed by atoms with van der Waals surface area (Å²) in [4.78, 5) is 16.0. The van der Waals surface area contributed by atoms with Crippen molar-refractivity contribution in [2.75, 3.05) is 59.4 Å². The molecule has 4 heterocycles. The van der Waals surface area contributed by atoms with E-state index in [9.17, 15) is 0 Å². The van der Waals surface area contributed by atoms with Crippen LogP contribution in [0.1, 0.15) is 64.2 Å². The van der Waals surface area contributed by atoms with Crippen molar-refractivity contribution in [1.82, 2.24) is 49.5 Å². The predicted octanol–water partition coefficient (Wildman–Crippen LogP) is 2.11. The minimum absolute atomic E-state index is 0.327. The maximum absolute atomic E-state index is 4.33. The highest BCUT2D eigenvalue weighted by Gasteiger charge is 2.40. The number of aromatic nitrogens is 6. The molecule has 2 aliphatic heterocycles. The number of nitrogens with one attached hydrogen (secondary N) is 1. The molecule has 0 amide bonds. The summed E-state index contributed by atoms with van der Waals surface area (Å²) in [6, 6.07) is 0. The number of likely N-dealkylation sites (N-methyl/N-ethyl adjacent to an activating group) is 1. The smallest absolute Gasteiger partial charge is 0.137 e. The van der Waals surface area contributed by atoms with Crippen LogP contribution in [0.5, 0.6) is 0 Å². The second-order valence-corrected chi connectivity index (χ2v) is 11.8. The molecule has 0 spiro atoms. The SMILES string of the molecule is CN1CCN(C2(Cn3cncn3)CCCCC2)CC1.c1ncn(CC2(N3CCNCC3)CCCCC2)n1. The van der Waals surface area contributed by atoms with E-state index in [1.807, 2.05) is 22.0 Å². The first-order valence-corrected chi connectivity index (χ1v) is 14.7. The zero-order valence-corrected chi connectivity index (χ0v) is 23.0. The third kappa shape index (κ3) is 6.77. The van der Waals surface area contributed by atoms with E-state index in [1.54, 1.807) is 12.7 Å². The zero-order chi connectivity index (χ0) is 25.4. The van der Waals surface area contributed by atoms with Gasteiger partial charge in [0, 0.05) is 63.4 Å². The van der Waals surface area contributed by atoms with Crippen molar-refractivity contribution >= 4 is 0 Å². The van der Waals surface area contributed by atoms with Gasteiger partial charge < -0.3 is 10.2 Å². The highest BCUT2D eigenvalue weighted by Crippen LogP contribution is 2.36. The molecule has 4 fully saturated rings. The normalized spacial score (nSPS) is 25.3. The van der Waals surface area contributed by atoms with E-state index < -0.39 is 0 Å².